The third kappa shape index (κ3) is 5.45. The molecule has 1 aromatic rings. The second-order valence-electron chi connectivity index (χ2n) is 3.34. The zero-order valence-electron chi connectivity index (χ0n) is 10.3. The van der Waals surface area contributed by atoms with Gasteiger partial charge in [-0.05, 0) is 49.7 Å². The second kappa shape index (κ2) is 7.61. The largest absolute Gasteiger partial charge is 0.456 e. The Morgan fingerprint density at radius 3 is 2.44 bits per heavy atom. The molecule has 0 N–H and O–H groups in total. The minimum Gasteiger partial charge on any atom is -0.456 e. The summed E-state index contributed by atoms with van der Waals surface area (Å²) in [4.78, 5) is 10.8. The van der Waals surface area contributed by atoms with Crippen LogP contribution in [0.3, 0.4) is 0 Å². The maximum absolute atomic E-state index is 10.8. The highest BCUT2D eigenvalue weighted by Gasteiger charge is 1.89. The molecule has 0 aliphatic carbocycles. The fourth-order valence-electron chi connectivity index (χ4n) is 1.05. The third-order valence-electron chi connectivity index (χ3n) is 1.89. The Bertz CT molecular complexity index is 590. The van der Waals surface area contributed by atoms with E-state index >= 15 is 0 Å². The van der Waals surface area contributed by atoms with E-state index in [0.29, 0.717) is 6.61 Å². The lowest BCUT2D eigenvalue weighted by Crippen LogP contribution is -1.99. The zero-order chi connectivity index (χ0) is 13.2. The Balaban J connectivity index is 2.56. The number of hydrogen-bond donors (Lipinski definition) is 0. The molecule has 0 unspecified atom stereocenters. The maximum Gasteiger partial charge on any atom is 0.385 e. The van der Waals surface area contributed by atoms with Crippen LogP contribution in [0, 0.1) is 42.4 Å². The molecule has 0 saturated heterocycles. The van der Waals surface area contributed by atoms with Crippen molar-refractivity contribution in [2.75, 3.05) is 6.61 Å². The van der Waals surface area contributed by atoms with Gasteiger partial charge in [0.05, 0.1) is 6.61 Å². The molecule has 0 aromatic heterocycles. The van der Waals surface area contributed by atoms with Gasteiger partial charge in [-0.1, -0.05) is 23.6 Å². The first-order valence-electron chi connectivity index (χ1n) is 5.48. The number of benzene rings is 1. The van der Waals surface area contributed by atoms with Gasteiger partial charge in [0.15, 0.2) is 0 Å². The Kier molecular flexibility index (Phi) is 5.68. The predicted molar refractivity (Wildman–Crippen MR) is 70.2 cm³/mol. The van der Waals surface area contributed by atoms with Crippen LogP contribution in [0.2, 0.25) is 0 Å². The third-order valence-corrected chi connectivity index (χ3v) is 1.89. The molecule has 2 heteroatoms. The van der Waals surface area contributed by atoms with Crippen molar-refractivity contribution in [1.29, 1.82) is 0 Å². The smallest absolute Gasteiger partial charge is 0.385 e. The van der Waals surface area contributed by atoms with Gasteiger partial charge in [0, 0.05) is 11.5 Å². The van der Waals surface area contributed by atoms with Crippen molar-refractivity contribution in [3.8, 4) is 35.5 Å². The van der Waals surface area contributed by atoms with Crippen LogP contribution >= 0.6 is 0 Å². The standard InChI is InChI=1S/C16H12O2/c1-3-18-16(17)9-7-5-4-6-8-15-12-10-14(2)11-13-15/h10-13H,3H2,1-2H3. The Morgan fingerprint density at radius 2 is 1.78 bits per heavy atom. The number of ether oxygens (including phenoxy) is 1. The molecule has 1 rings (SSSR count). The molecule has 0 fully saturated rings. The van der Waals surface area contributed by atoms with Crippen LogP contribution in [0.15, 0.2) is 24.3 Å². The van der Waals surface area contributed by atoms with Crippen molar-refractivity contribution in [3.05, 3.63) is 35.4 Å². The molecule has 0 bridgehead atoms. The van der Waals surface area contributed by atoms with Crippen LogP contribution in [0.5, 0.6) is 0 Å². The molecule has 0 atom stereocenters. The molecule has 88 valence electrons. The highest BCUT2D eigenvalue weighted by atomic mass is 16.5. The zero-order valence-corrected chi connectivity index (χ0v) is 10.3. The van der Waals surface area contributed by atoms with Crippen molar-refractivity contribution in [2.45, 2.75) is 13.8 Å². The SMILES string of the molecule is CCOC(=O)C#CC#CC#Cc1ccc(C)cc1. The lowest BCUT2D eigenvalue weighted by atomic mass is 10.2. The van der Waals surface area contributed by atoms with E-state index in [2.05, 4.69) is 40.3 Å². The molecule has 0 spiro atoms. The Labute approximate surface area is 107 Å². The average molecular weight is 236 g/mol. The summed E-state index contributed by atoms with van der Waals surface area (Å²) in [7, 11) is 0. The second-order valence-corrected chi connectivity index (χ2v) is 3.34. The van der Waals surface area contributed by atoms with Crippen molar-refractivity contribution in [1.82, 2.24) is 0 Å². The topological polar surface area (TPSA) is 26.3 Å². The number of carbonyl (C=O) groups excluding carboxylic acids is 1. The van der Waals surface area contributed by atoms with Gasteiger partial charge < -0.3 is 4.74 Å². The summed E-state index contributed by atoms with van der Waals surface area (Å²) < 4.78 is 4.61. The van der Waals surface area contributed by atoms with E-state index in [1.807, 2.05) is 31.2 Å². The monoisotopic (exact) mass is 236 g/mol. The lowest BCUT2D eigenvalue weighted by molar-refractivity contribution is -0.136. The Hall–Kier alpha value is -2.63. The van der Waals surface area contributed by atoms with E-state index in [1.54, 1.807) is 6.92 Å². The molecule has 0 heterocycles. The number of aryl methyl sites for hydroxylation is 1. The average Bonchev–Trinajstić information content (AvgIpc) is 2.36. The van der Waals surface area contributed by atoms with Gasteiger partial charge in [0.25, 0.3) is 0 Å². The maximum atomic E-state index is 10.8. The number of hydrogen-bond acceptors (Lipinski definition) is 2. The van der Waals surface area contributed by atoms with E-state index in [4.69, 9.17) is 0 Å². The molecule has 0 aliphatic heterocycles. The van der Waals surface area contributed by atoms with Crippen LogP contribution in [-0.2, 0) is 9.53 Å². The number of rotatable bonds is 1. The Morgan fingerprint density at radius 1 is 1.11 bits per heavy atom. The van der Waals surface area contributed by atoms with Crippen molar-refractivity contribution < 1.29 is 9.53 Å². The minimum atomic E-state index is -0.571. The van der Waals surface area contributed by atoms with Crippen LogP contribution in [-0.4, -0.2) is 12.6 Å². The molecule has 18 heavy (non-hydrogen) atoms. The summed E-state index contributed by atoms with van der Waals surface area (Å²) in [5.74, 6) is 14.6. The van der Waals surface area contributed by atoms with Crippen molar-refractivity contribution in [3.63, 3.8) is 0 Å². The summed E-state index contributed by atoms with van der Waals surface area (Å²) >= 11 is 0. The van der Waals surface area contributed by atoms with Gasteiger partial charge in [0.1, 0.15) is 0 Å². The van der Waals surface area contributed by atoms with Gasteiger partial charge >= 0.3 is 5.97 Å². The molecule has 2 nitrogen and oxygen atoms in total. The van der Waals surface area contributed by atoms with Gasteiger partial charge in [-0.15, -0.1) is 0 Å². The molecule has 0 radical (unpaired) electrons. The van der Waals surface area contributed by atoms with E-state index in [0.717, 1.165) is 5.56 Å². The van der Waals surface area contributed by atoms with E-state index in [9.17, 15) is 4.79 Å². The molecular weight excluding hydrogens is 224 g/mol. The highest BCUT2D eigenvalue weighted by Crippen LogP contribution is 2.00. The van der Waals surface area contributed by atoms with Crippen molar-refractivity contribution in [2.24, 2.45) is 0 Å². The van der Waals surface area contributed by atoms with Gasteiger partial charge in [0.2, 0.25) is 0 Å². The van der Waals surface area contributed by atoms with Crippen molar-refractivity contribution >= 4 is 5.97 Å². The first kappa shape index (κ1) is 13.4. The number of esters is 1. The molecule has 1 aromatic carbocycles. The van der Waals surface area contributed by atoms with Crippen LogP contribution < -0.4 is 0 Å². The molecule has 0 aliphatic rings. The molecule has 0 amide bonds. The minimum absolute atomic E-state index is 0.314. The van der Waals surface area contributed by atoms with Gasteiger partial charge in [-0.2, -0.15) is 0 Å². The highest BCUT2D eigenvalue weighted by molar-refractivity contribution is 5.89. The quantitative estimate of drug-likeness (QED) is 0.423. The lowest BCUT2D eigenvalue weighted by Gasteiger charge is -1.90. The molecule has 0 saturated carbocycles. The fourth-order valence-corrected chi connectivity index (χ4v) is 1.05. The van der Waals surface area contributed by atoms with Crippen LogP contribution in [0.25, 0.3) is 0 Å². The van der Waals surface area contributed by atoms with E-state index in [1.165, 1.54) is 5.56 Å². The number of carbonyl (C=O) groups is 1. The fraction of sp³-hybridized carbons (Fsp3) is 0.188. The summed E-state index contributed by atoms with van der Waals surface area (Å²) in [6.45, 7) is 4.05. The van der Waals surface area contributed by atoms with E-state index < -0.39 is 5.97 Å². The first-order chi connectivity index (χ1) is 8.72. The van der Waals surface area contributed by atoms with Gasteiger partial charge in [-0.3, -0.25) is 0 Å². The molecular formula is C16H12O2. The van der Waals surface area contributed by atoms with Crippen LogP contribution in [0.4, 0.5) is 0 Å². The van der Waals surface area contributed by atoms with E-state index in [-0.39, 0.29) is 0 Å². The first-order valence-corrected chi connectivity index (χ1v) is 5.48. The normalized spacial score (nSPS) is 7.67. The van der Waals surface area contributed by atoms with Gasteiger partial charge in [-0.25, -0.2) is 4.79 Å². The summed E-state index contributed by atoms with van der Waals surface area (Å²) in [6.07, 6.45) is 0. The summed E-state index contributed by atoms with van der Waals surface area (Å²) in [6, 6.07) is 7.82. The summed E-state index contributed by atoms with van der Waals surface area (Å²) in [5.41, 5.74) is 2.08. The summed E-state index contributed by atoms with van der Waals surface area (Å²) in [5, 5.41) is 0. The van der Waals surface area contributed by atoms with Crippen LogP contribution in [0.1, 0.15) is 18.1 Å². The predicted octanol–water partition coefficient (Wildman–Crippen LogP) is 1.92.